The molecule has 28 heavy (non-hydrogen) atoms. The van der Waals surface area contributed by atoms with Gasteiger partial charge >= 0.3 is 0 Å². The third-order valence-electron chi connectivity index (χ3n) is 5.67. The molecule has 0 amide bonds. The Hall–Kier alpha value is -3.19. The maximum Gasteiger partial charge on any atom is 0.178 e. The molecule has 0 radical (unpaired) electrons. The second-order valence-electron chi connectivity index (χ2n) is 7.53. The summed E-state index contributed by atoms with van der Waals surface area (Å²) in [7, 11) is 0. The number of fused-ring (bicyclic) bond motifs is 4. The Morgan fingerprint density at radius 1 is 1.04 bits per heavy atom. The zero-order valence-electron chi connectivity index (χ0n) is 15.3. The molecule has 2 unspecified atom stereocenters. The van der Waals surface area contributed by atoms with Crippen molar-refractivity contribution in [3.8, 4) is 0 Å². The van der Waals surface area contributed by atoms with Crippen LogP contribution in [-0.2, 0) is 4.74 Å². The maximum absolute atomic E-state index is 5.98. The Labute approximate surface area is 161 Å². The number of nitrogens with zero attached hydrogens (tertiary/aromatic N) is 4. The van der Waals surface area contributed by atoms with Gasteiger partial charge in [-0.1, -0.05) is 0 Å². The van der Waals surface area contributed by atoms with E-state index >= 15 is 0 Å². The number of nitrogens with one attached hydrogen (secondary N) is 2. The second kappa shape index (κ2) is 6.17. The Bertz CT molecular complexity index is 1160. The number of aromatic amines is 1. The first-order chi connectivity index (χ1) is 13.8. The van der Waals surface area contributed by atoms with Crippen molar-refractivity contribution in [1.82, 2.24) is 20.2 Å². The van der Waals surface area contributed by atoms with Crippen LogP contribution in [0.5, 0.6) is 0 Å². The summed E-state index contributed by atoms with van der Waals surface area (Å²) in [6.07, 6.45) is 6.67. The van der Waals surface area contributed by atoms with Gasteiger partial charge in [0.05, 0.1) is 17.7 Å². The summed E-state index contributed by atoms with van der Waals surface area (Å²) in [6.45, 7) is 1.85. The molecule has 5 heterocycles. The fraction of sp³-hybridized carbons (Fsp3) is 0.286. The number of pyridine rings is 2. The number of hydrogen-bond donors (Lipinski definition) is 2. The van der Waals surface area contributed by atoms with E-state index in [4.69, 9.17) is 9.72 Å². The average molecular weight is 372 g/mol. The Morgan fingerprint density at radius 2 is 1.93 bits per heavy atom. The van der Waals surface area contributed by atoms with Crippen LogP contribution >= 0.6 is 0 Å². The lowest BCUT2D eigenvalue weighted by molar-refractivity contribution is 0.0303. The van der Waals surface area contributed by atoms with E-state index in [1.54, 1.807) is 6.20 Å². The van der Waals surface area contributed by atoms with Crippen LogP contribution < -0.4 is 10.2 Å². The van der Waals surface area contributed by atoms with Crippen molar-refractivity contribution < 1.29 is 4.74 Å². The first kappa shape index (κ1) is 15.8. The first-order valence-electron chi connectivity index (χ1n) is 9.69. The van der Waals surface area contributed by atoms with Crippen LogP contribution in [0.3, 0.4) is 0 Å². The standard InChI is InChI=1S/C21H20N6O/c1-2-18-19(22-8-1)20(26-25-18)24-14-3-6-17-13(10-14)7-9-23-21(17)27-11-15-4-5-16(12-27)28-15/h1-3,6-10,15-16H,4-5,11-12H2,(H2,24,25,26). The zero-order chi connectivity index (χ0) is 18.5. The number of hydrogen-bond acceptors (Lipinski definition) is 6. The van der Waals surface area contributed by atoms with Gasteiger partial charge in [-0.05, 0) is 54.6 Å². The summed E-state index contributed by atoms with van der Waals surface area (Å²) in [5.41, 5.74) is 2.73. The van der Waals surface area contributed by atoms with Crippen LogP contribution in [0.15, 0.2) is 48.8 Å². The van der Waals surface area contributed by atoms with Gasteiger partial charge in [0, 0.05) is 36.6 Å². The predicted octanol–water partition coefficient (Wildman–Crippen LogP) is 3.62. The lowest BCUT2D eigenvalue weighted by Gasteiger charge is -2.33. The van der Waals surface area contributed by atoms with Gasteiger partial charge in [0.2, 0.25) is 0 Å². The average Bonchev–Trinajstić information content (AvgIpc) is 3.30. The highest BCUT2D eigenvalue weighted by Crippen LogP contribution is 2.33. The molecule has 2 bridgehead atoms. The molecule has 6 rings (SSSR count). The molecule has 2 saturated heterocycles. The molecule has 2 aliphatic heterocycles. The largest absolute Gasteiger partial charge is 0.371 e. The van der Waals surface area contributed by atoms with Crippen LogP contribution in [0.1, 0.15) is 12.8 Å². The van der Waals surface area contributed by atoms with Crippen LogP contribution in [0.4, 0.5) is 17.3 Å². The normalized spacial score (nSPS) is 21.5. The van der Waals surface area contributed by atoms with Gasteiger partial charge < -0.3 is 15.0 Å². The number of rotatable bonds is 3. The summed E-state index contributed by atoms with van der Waals surface area (Å²) >= 11 is 0. The molecule has 2 fully saturated rings. The zero-order valence-corrected chi connectivity index (χ0v) is 15.3. The number of ether oxygens (including phenoxy) is 1. The molecule has 140 valence electrons. The van der Waals surface area contributed by atoms with E-state index in [0.29, 0.717) is 12.2 Å². The van der Waals surface area contributed by atoms with Gasteiger partial charge in [-0.2, -0.15) is 5.10 Å². The molecular weight excluding hydrogens is 352 g/mol. The van der Waals surface area contributed by atoms with Gasteiger partial charge in [-0.3, -0.25) is 10.1 Å². The highest BCUT2D eigenvalue weighted by molar-refractivity contribution is 5.95. The van der Waals surface area contributed by atoms with Crippen LogP contribution in [0.2, 0.25) is 0 Å². The van der Waals surface area contributed by atoms with Gasteiger partial charge in [-0.15, -0.1) is 0 Å². The van der Waals surface area contributed by atoms with E-state index in [9.17, 15) is 0 Å². The molecule has 0 aliphatic carbocycles. The fourth-order valence-electron chi connectivity index (χ4n) is 4.36. The van der Waals surface area contributed by atoms with Crippen LogP contribution in [0, 0.1) is 0 Å². The van der Waals surface area contributed by atoms with E-state index in [2.05, 4.69) is 49.7 Å². The third kappa shape index (κ3) is 2.58. The lowest BCUT2D eigenvalue weighted by Crippen LogP contribution is -2.43. The van der Waals surface area contributed by atoms with Gasteiger partial charge in [-0.25, -0.2) is 4.98 Å². The van der Waals surface area contributed by atoms with Crippen molar-refractivity contribution >= 4 is 39.1 Å². The molecule has 0 saturated carbocycles. The molecular formula is C21H20N6O. The van der Waals surface area contributed by atoms with E-state index in [1.807, 2.05) is 18.3 Å². The molecule has 2 atom stereocenters. The molecule has 0 spiro atoms. The molecule has 2 N–H and O–H groups in total. The monoisotopic (exact) mass is 372 g/mol. The van der Waals surface area contributed by atoms with Crippen molar-refractivity contribution in [1.29, 1.82) is 0 Å². The molecule has 7 nitrogen and oxygen atoms in total. The summed E-state index contributed by atoms with van der Waals surface area (Å²) in [5, 5.41) is 13.1. The molecule has 1 aromatic carbocycles. The minimum Gasteiger partial charge on any atom is -0.371 e. The highest BCUT2D eigenvalue weighted by Gasteiger charge is 2.34. The lowest BCUT2D eigenvalue weighted by atomic mass is 10.1. The van der Waals surface area contributed by atoms with Crippen molar-refractivity contribution in [3.63, 3.8) is 0 Å². The van der Waals surface area contributed by atoms with Crippen molar-refractivity contribution in [2.24, 2.45) is 0 Å². The number of H-pyrrole nitrogens is 1. The number of benzene rings is 1. The summed E-state index contributed by atoms with van der Waals surface area (Å²) in [5.74, 6) is 1.78. The molecule has 7 heteroatoms. The van der Waals surface area contributed by atoms with E-state index in [0.717, 1.165) is 59.7 Å². The topological polar surface area (TPSA) is 79.0 Å². The Balaban J connectivity index is 1.34. The van der Waals surface area contributed by atoms with Crippen molar-refractivity contribution in [2.45, 2.75) is 25.0 Å². The van der Waals surface area contributed by atoms with Crippen molar-refractivity contribution in [2.75, 3.05) is 23.3 Å². The van der Waals surface area contributed by atoms with Gasteiger partial charge in [0.25, 0.3) is 0 Å². The number of anilines is 3. The van der Waals surface area contributed by atoms with E-state index in [1.165, 1.54) is 5.39 Å². The third-order valence-corrected chi connectivity index (χ3v) is 5.67. The summed E-state index contributed by atoms with van der Waals surface area (Å²) in [4.78, 5) is 11.5. The summed E-state index contributed by atoms with van der Waals surface area (Å²) < 4.78 is 5.98. The van der Waals surface area contributed by atoms with Gasteiger partial charge in [0.15, 0.2) is 5.82 Å². The highest BCUT2D eigenvalue weighted by atomic mass is 16.5. The predicted molar refractivity (Wildman–Crippen MR) is 109 cm³/mol. The summed E-state index contributed by atoms with van der Waals surface area (Å²) in [6, 6.07) is 12.3. The quantitative estimate of drug-likeness (QED) is 0.572. The minimum atomic E-state index is 0.345. The van der Waals surface area contributed by atoms with Gasteiger partial charge in [0.1, 0.15) is 11.3 Å². The smallest absolute Gasteiger partial charge is 0.178 e. The molecule has 2 aliphatic rings. The SMILES string of the molecule is c1cnc2c(Nc3ccc4c(N5CC6CCC(C5)O6)nccc4c3)n[nH]c2c1. The Kier molecular flexibility index (Phi) is 3.49. The molecule has 3 aromatic heterocycles. The van der Waals surface area contributed by atoms with Crippen LogP contribution in [-0.4, -0.2) is 45.5 Å². The maximum atomic E-state index is 5.98. The van der Waals surface area contributed by atoms with E-state index < -0.39 is 0 Å². The first-order valence-corrected chi connectivity index (χ1v) is 9.69. The Morgan fingerprint density at radius 3 is 2.82 bits per heavy atom. The number of morpholine rings is 1. The minimum absolute atomic E-state index is 0.345. The molecule has 4 aromatic rings. The fourth-order valence-corrected chi connectivity index (χ4v) is 4.36. The number of aromatic nitrogens is 4. The van der Waals surface area contributed by atoms with E-state index in [-0.39, 0.29) is 0 Å². The van der Waals surface area contributed by atoms with Crippen molar-refractivity contribution in [3.05, 3.63) is 48.8 Å². The van der Waals surface area contributed by atoms with Crippen LogP contribution in [0.25, 0.3) is 21.8 Å². The second-order valence-corrected chi connectivity index (χ2v) is 7.53.